The van der Waals surface area contributed by atoms with Crippen molar-refractivity contribution >= 4 is 5.82 Å². The van der Waals surface area contributed by atoms with Gasteiger partial charge >= 0.3 is 5.69 Å². The second kappa shape index (κ2) is 3.54. The van der Waals surface area contributed by atoms with E-state index in [-0.39, 0.29) is 11.9 Å². The van der Waals surface area contributed by atoms with Crippen LogP contribution in [0.4, 0.5) is 5.82 Å². The number of nitrogens with two attached hydrogens (primary N) is 1. The maximum atomic E-state index is 11.6. The predicted octanol–water partition coefficient (Wildman–Crippen LogP) is -1.00. The summed E-state index contributed by atoms with van der Waals surface area (Å²) in [5.41, 5.74) is 4.81. The molecule has 15 heavy (non-hydrogen) atoms. The van der Waals surface area contributed by atoms with Crippen molar-refractivity contribution in [2.24, 2.45) is 0 Å². The Morgan fingerprint density at radius 3 is 2.80 bits per heavy atom. The molecule has 6 heteroatoms. The standard InChI is InChI=1S/C9H14N4O2/c1-12-3-2-6(5-12)13-7(10)4-8(14)11-9(13)15/h4,6H,2-3,5,10H2,1H3,(H,11,14,15). The van der Waals surface area contributed by atoms with Crippen molar-refractivity contribution in [3.05, 3.63) is 26.9 Å². The SMILES string of the molecule is CN1CCC(n2c(N)cc(=O)[nH]c2=O)C1. The molecular formula is C9H14N4O2. The molecule has 1 aromatic rings. The molecule has 0 bridgehead atoms. The van der Waals surface area contributed by atoms with Gasteiger partial charge in [-0.05, 0) is 20.0 Å². The van der Waals surface area contributed by atoms with E-state index in [0.717, 1.165) is 19.5 Å². The molecule has 0 aliphatic carbocycles. The van der Waals surface area contributed by atoms with Crippen LogP contribution in [0.5, 0.6) is 0 Å². The minimum absolute atomic E-state index is 0.0688. The second-order valence-electron chi connectivity index (χ2n) is 3.94. The fourth-order valence-corrected chi connectivity index (χ4v) is 2.02. The van der Waals surface area contributed by atoms with E-state index in [9.17, 15) is 9.59 Å². The fraction of sp³-hybridized carbons (Fsp3) is 0.556. The third kappa shape index (κ3) is 1.80. The van der Waals surface area contributed by atoms with Crippen LogP contribution in [0.1, 0.15) is 12.5 Å². The highest BCUT2D eigenvalue weighted by Crippen LogP contribution is 2.19. The van der Waals surface area contributed by atoms with E-state index in [4.69, 9.17) is 5.73 Å². The molecule has 2 heterocycles. The van der Waals surface area contributed by atoms with Gasteiger partial charge in [0.2, 0.25) is 0 Å². The van der Waals surface area contributed by atoms with Gasteiger partial charge in [0.25, 0.3) is 5.56 Å². The maximum Gasteiger partial charge on any atom is 0.330 e. The van der Waals surface area contributed by atoms with Gasteiger partial charge in [-0.2, -0.15) is 0 Å². The lowest BCUT2D eigenvalue weighted by Crippen LogP contribution is -2.34. The Labute approximate surface area is 86.3 Å². The molecule has 3 N–H and O–H groups in total. The van der Waals surface area contributed by atoms with Gasteiger partial charge in [-0.3, -0.25) is 14.3 Å². The summed E-state index contributed by atoms with van der Waals surface area (Å²) in [7, 11) is 1.99. The molecule has 1 aliphatic heterocycles. The molecule has 6 nitrogen and oxygen atoms in total. The van der Waals surface area contributed by atoms with Crippen LogP contribution in [-0.4, -0.2) is 34.6 Å². The summed E-state index contributed by atoms with van der Waals surface area (Å²) in [5, 5.41) is 0. The van der Waals surface area contributed by atoms with Crippen molar-refractivity contribution in [1.29, 1.82) is 0 Å². The van der Waals surface area contributed by atoms with Crippen molar-refractivity contribution in [3.8, 4) is 0 Å². The zero-order valence-electron chi connectivity index (χ0n) is 8.56. The van der Waals surface area contributed by atoms with Gasteiger partial charge in [-0.1, -0.05) is 0 Å². The molecule has 1 unspecified atom stereocenters. The Morgan fingerprint density at radius 1 is 1.53 bits per heavy atom. The van der Waals surface area contributed by atoms with Crippen LogP contribution in [0.2, 0.25) is 0 Å². The van der Waals surface area contributed by atoms with Crippen molar-refractivity contribution in [1.82, 2.24) is 14.5 Å². The number of nitrogens with one attached hydrogen (secondary N) is 1. The van der Waals surface area contributed by atoms with E-state index < -0.39 is 11.2 Å². The van der Waals surface area contributed by atoms with Crippen LogP contribution in [0.25, 0.3) is 0 Å². The molecular weight excluding hydrogens is 196 g/mol. The first-order valence-corrected chi connectivity index (χ1v) is 4.88. The first kappa shape index (κ1) is 9.97. The van der Waals surface area contributed by atoms with Crippen molar-refractivity contribution < 1.29 is 0 Å². The van der Waals surface area contributed by atoms with Crippen LogP contribution in [0.15, 0.2) is 15.7 Å². The minimum atomic E-state index is -0.444. The number of likely N-dealkylation sites (tertiary alicyclic amines) is 1. The molecule has 2 rings (SSSR count). The van der Waals surface area contributed by atoms with Crippen molar-refractivity contribution in [2.45, 2.75) is 12.5 Å². The first-order valence-electron chi connectivity index (χ1n) is 4.88. The van der Waals surface area contributed by atoms with Gasteiger partial charge in [0, 0.05) is 12.6 Å². The molecule has 82 valence electrons. The Bertz CT molecular complexity index is 476. The number of H-pyrrole nitrogens is 1. The summed E-state index contributed by atoms with van der Waals surface area (Å²) in [6.45, 7) is 1.73. The molecule has 1 atom stereocenters. The van der Waals surface area contributed by atoms with Crippen LogP contribution in [0, 0.1) is 0 Å². The Hall–Kier alpha value is -1.56. The molecule has 1 fully saturated rings. The van der Waals surface area contributed by atoms with E-state index >= 15 is 0 Å². The topological polar surface area (TPSA) is 84.1 Å². The van der Waals surface area contributed by atoms with Crippen LogP contribution in [-0.2, 0) is 0 Å². The Morgan fingerprint density at radius 2 is 2.27 bits per heavy atom. The number of anilines is 1. The summed E-state index contributed by atoms with van der Waals surface area (Å²) in [4.78, 5) is 26.9. The minimum Gasteiger partial charge on any atom is -0.385 e. The van der Waals surface area contributed by atoms with Gasteiger partial charge in [0.1, 0.15) is 5.82 Å². The molecule has 1 aliphatic rings. The number of aromatic amines is 1. The van der Waals surface area contributed by atoms with Gasteiger partial charge in [-0.25, -0.2) is 4.79 Å². The lowest BCUT2D eigenvalue weighted by Gasteiger charge is -2.15. The Balaban J connectivity index is 2.44. The number of aromatic nitrogens is 2. The second-order valence-corrected chi connectivity index (χ2v) is 3.94. The van der Waals surface area contributed by atoms with Crippen LogP contribution >= 0.6 is 0 Å². The molecule has 0 radical (unpaired) electrons. The smallest absolute Gasteiger partial charge is 0.330 e. The molecule has 1 saturated heterocycles. The number of hydrogen-bond donors (Lipinski definition) is 2. The summed E-state index contributed by atoms with van der Waals surface area (Å²) in [5.74, 6) is 0.240. The van der Waals surface area contributed by atoms with E-state index in [1.807, 2.05) is 7.05 Å². The van der Waals surface area contributed by atoms with E-state index in [1.54, 1.807) is 0 Å². The summed E-state index contributed by atoms with van der Waals surface area (Å²) >= 11 is 0. The summed E-state index contributed by atoms with van der Waals surface area (Å²) < 4.78 is 1.46. The number of nitrogen functional groups attached to an aromatic ring is 1. The number of hydrogen-bond acceptors (Lipinski definition) is 4. The highest BCUT2D eigenvalue weighted by atomic mass is 16.2. The first-order chi connectivity index (χ1) is 7.08. The molecule has 0 amide bonds. The highest BCUT2D eigenvalue weighted by Gasteiger charge is 2.23. The van der Waals surface area contributed by atoms with Gasteiger partial charge in [0.15, 0.2) is 0 Å². The molecule has 0 aromatic carbocycles. The number of rotatable bonds is 1. The van der Waals surface area contributed by atoms with Crippen LogP contribution in [0.3, 0.4) is 0 Å². The number of likely N-dealkylation sites (N-methyl/N-ethyl adjacent to an activating group) is 1. The van der Waals surface area contributed by atoms with Gasteiger partial charge in [-0.15, -0.1) is 0 Å². The summed E-state index contributed by atoms with van der Waals surface area (Å²) in [6, 6.07) is 1.32. The average Bonchev–Trinajstić information content (AvgIpc) is 2.49. The largest absolute Gasteiger partial charge is 0.385 e. The zero-order valence-corrected chi connectivity index (χ0v) is 8.56. The molecule has 1 aromatic heterocycles. The van der Waals surface area contributed by atoms with Gasteiger partial charge in [0.05, 0.1) is 6.04 Å². The Kier molecular flexibility index (Phi) is 2.36. The number of nitrogens with zero attached hydrogens (tertiary/aromatic N) is 2. The zero-order chi connectivity index (χ0) is 11.0. The predicted molar refractivity (Wildman–Crippen MR) is 56.9 cm³/mol. The van der Waals surface area contributed by atoms with E-state index in [0.29, 0.717) is 0 Å². The third-order valence-corrected chi connectivity index (χ3v) is 2.74. The normalized spacial score (nSPS) is 22.1. The fourth-order valence-electron chi connectivity index (χ4n) is 2.02. The molecule has 0 spiro atoms. The van der Waals surface area contributed by atoms with E-state index in [1.165, 1.54) is 10.6 Å². The van der Waals surface area contributed by atoms with Crippen molar-refractivity contribution in [2.75, 3.05) is 25.9 Å². The third-order valence-electron chi connectivity index (χ3n) is 2.74. The lowest BCUT2D eigenvalue weighted by molar-refractivity contribution is 0.389. The lowest BCUT2D eigenvalue weighted by atomic mass is 10.2. The average molecular weight is 210 g/mol. The summed E-state index contributed by atoms with van der Waals surface area (Å²) in [6.07, 6.45) is 0.882. The quantitative estimate of drug-likeness (QED) is 0.622. The highest BCUT2D eigenvalue weighted by molar-refractivity contribution is 5.27. The van der Waals surface area contributed by atoms with Gasteiger partial charge < -0.3 is 10.6 Å². The maximum absolute atomic E-state index is 11.6. The van der Waals surface area contributed by atoms with Crippen LogP contribution < -0.4 is 17.0 Å². The van der Waals surface area contributed by atoms with Crippen molar-refractivity contribution in [3.63, 3.8) is 0 Å². The monoisotopic (exact) mass is 210 g/mol. The molecule has 0 saturated carbocycles. The van der Waals surface area contributed by atoms with E-state index in [2.05, 4.69) is 9.88 Å².